The van der Waals surface area contributed by atoms with Gasteiger partial charge in [0.05, 0.1) is 22.8 Å². The Balaban J connectivity index is 2.29. The van der Waals surface area contributed by atoms with Gasteiger partial charge in [0.25, 0.3) is 0 Å². The van der Waals surface area contributed by atoms with Gasteiger partial charge in [-0.1, -0.05) is 35.8 Å². The molecule has 162 valence electrons. The number of halogens is 2. The molecule has 1 heterocycles. The van der Waals surface area contributed by atoms with Crippen LogP contribution in [0.25, 0.3) is 0 Å². The highest BCUT2D eigenvalue weighted by atomic mass is 35.5. The molecule has 0 bridgehead atoms. The topological polar surface area (TPSA) is 84.9 Å². The van der Waals surface area contributed by atoms with E-state index in [-0.39, 0.29) is 19.7 Å². The summed E-state index contributed by atoms with van der Waals surface area (Å²) in [7, 11) is -3.64. The molecule has 1 aromatic rings. The fourth-order valence-corrected chi connectivity index (χ4v) is 3.77. The van der Waals surface area contributed by atoms with Crippen LogP contribution in [0.3, 0.4) is 0 Å². The molecule has 1 aliphatic rings. The van der Waals surface area contributed by atoms with Gasteiger partial charge in [-0.25, -0.2) is 17.9 Å². The molecule has 1 saturated heterocycles. The third kappa shape index (κ3) is 7.15. The molecular weight excluding hydrogens is 439 g/mol. The number of nitrogens with zero attached hydrogens (tertiary/aromatic N) is 1. The summed E-state index contributed by atoms with van der Waals surface area (Å²) in [6.45, 7) is 9.51. The summed E-state index contributed by atoms with van der Waals surface area (Å²) in [6.07, 6.45) is -0.975. The quantitative estimate of drug-likeness (QED) is 0.711. The maximum Gasteiger partial charge on any atom is 0.410 e. The second-order valence-electron chi connectivity index (χ2n) is 7.71. The largest absolute Gasteiger partial charge is 0.444 e. The molecule has 7 nitrogen and oxygen atoms in total. The van der Waals surface area contributed by atoms with Gasteiger partial charge in [-0.15, -0.1) is 0 Å². The third-order valence-corrected chi connectivity index (χ3v) is 5.98. The summed E-state index contributed by atoms with van der Waals surface area (Å²) >= 11 is 12.2. The van der Waals surface area contributed by atoms with Gasteiger partial charge in [0.2, 0.25) is 10.0 Å². The molecule has 1 aromatic carbocycles. The van der Waals surface area contributed by atoms with Crippen LogP contribution in [0.2, 0.25) is 10.0 Å². The summed E-state index contributed by atoms with van der Waals surface area (Å²) in [5.41, 5.74) is 0.0982. The zero-order valence-electron chi connectivity index (χ0n) is 16.7. The first kappa shape index (κ1) is 24.0. The number of carbonyl (C=O) groups is 1. The number of amides is 1. The fourth-order valence-electron chi connectivity index (χ4n) is 2.90. The minimum atomic E-state index is -3.64. The Hall–Kier alpha value is -1.32. The minimum absolute atomic E-state index is 0.0402. The molecular formula is C19H26Cl2N2O5S. The number of nitrogens with one attached hydrogen (secondary N) is 1. The Bertz CT molecular complexity index is 855. The first-order valence-corrected chi connectivity index (χ1v) is 11.4. The van der Waals surface area contributed by atoms with Gasteiger partial charge in [0.15, 0.2) is 0 Å². The summed E-state index contributed by atoms with van der Waals surface area (Å²) in [6, 6.07) is 5.12. The SMILES string of the molecule is C=CS(=O)(=O)NC[C@@H]1CN(C(=O)OC(C)(C)C)CCO[C@H]1c1ccc(Cl)c(Cl)c1. The molecule has 0 saturated carbocycles. The number of hydrogen-bond donors (Lipinski definition) is 1. The van der Waals surface area contributed by atoms with Crippen LogP contribution in [0.4, 0.5) is 4.79 Å². The van der Waals surface area contributed by atoms with E-state index in [1.54, 1.807) is 39.0 Å². The van der Waals surface area contributed by atoms with E-state index in [1.165, 1.54) is 4.90 Å². The van der Waals surface area contributed by atoms with Crippen molar-refractivity contribution in [3.63, 3.8) is 0 Å². The summed E-state index contributed by atoms with van der Waals surface area (Å²) in [5, 5.41) is 1.61. The molecule has 2 atom stereocenters. The van der Waals surface area contributed by atoms with Crippen LogP contribution in [0, 0.1) is 5.92 Å². The molecule has 0 aliphatic carbocycles. The molecule has 1 aliphatic heterocycles. The molecule has 1 N–H and O–H groups in total. The average molecular weight is 465 g/mol. The highest BCUT2D eigenvalue weighted by Gasteiger charge is 2.33. The lowest BCUT2D eigenvalue weighted by Crippen LogP contribution is -2.42. The number of carbonyl (C=O) groups excluding carboxylic acids is 1. The van der Waals surface area contributed by atoms with Crippen LogP contribution >= 0.6 is 23.2 Å². The summed E-state index contributed by atoms with van der Waals surface area (Å²) in [4.78, 5) is 14.1. The first-order valence-electron chi connectivity index (χ1n) is 9.08. The summed E-state index contributed by atoms with van der Waals surface area (Å²) < 4.78 is 37.6. The van der Waals surface area contributed by atoms with E-state index in [0.717, 1.165) is 11.0 Å². The predicted molar refractivity (Wildman–Crippen MR) is 114 cm³/mol. The van der Waals surface area contributed by atoms with Gasteiger partial charge in [0, 0.05) is 31.0 Å². The second kappa shape index (κ2) is 9.66. The van der Waals surface area contributed by atoms with Crippen LogP contribution < -0.4 is 4.72 Å². The van der Waals surface area contributed by atoms with Crippen LogP contribution in [-0.4, -0.2) is 51.3 Å². The highest BCUT2D eigenvalue weighted by Crippen LogP contribution is 2.33. The van der Waals surface area contributed by atoms with Gasteiger partial charge in [-0.2, -0.15) is 0 Å². The Labute approximate surface area is 182 Å². The van der Waals surface area contributed by atoms with Gasteiger partial charge < -0.3 is 14.4 Å². The Kier molecular flexibility index (Phi) is 7.98. The fraction of sp³-hybridized carbons (Fsp3) is 0.526. The van der Waals surface area contributed by atoms with E-state index in [1.807, 2.05) is 0 Å². The van der Waals surface area contributed by atoms with Crippen LogP contribution in [0.15, 0.2) is 30.2 Å². The van der Waals surface area contributed by atoms with Gasteiger partial charge in [0.1, 0.15) is 5.60 Å². The minimum Gasteiger partial charge on any atom is -0.444 e. The van der Waals surface area contributed by atoms with Crippen LogP contribution in [-0.2, 0) is 19.5 Å². The van der Waals surface area contributed by atoms with E-state index in [9.17, 15) is 13.2 Å². The zero-order valence-corrected chi connectivity index (χ0v) is 19.0. The maximum atomic E-state index is 12.6. The maximum absolute atomic E-state index is 12.6. The molecule has 2 rings (SSSR count). The summed E-state index contributed by atoms with van der Waals surface area (Å²) in [5.74, 6) is -0.392. The average Bonchev–Trinajstić information content (AvgIpc) is 2.84. The molecule has 29 heavy (non-hydrogen) atoms. The van der Waals surface area contributed by atoms with Gasteiger partial charge in [-0.05, 0) is 38.5 Å². The van der Waals surface area contributed by atoms with Crippen molar-refractivity contribution in [2.24, 2.45) is 5.92 Å². The molecule has 0 radical (unpaired) electrons. The van der Waals surface area contributed by atoms with Crippen molar-refractivity contribution in [3.8, 4) is 0 Å². The van der Waals surface area contributed by atoms with Crippen molar-refractivity contribution in [1.29, 1.82) is 0 Å². The van der Waals surface area contributed by atoms with Crippen molar-refractivity contribution >= 4 is 39.3 Å². The zero-order chi connectivity index (χ0) is 21.8. The molecule has 1 fully saturated rings. The van der Waals surface area contributed by atoms with Crippen LogP contribution in [0.1, 0.15) is 32.4 Å². The van der Waals surface area contributed by atoms with E-state index >= 15 is 0 Å². The molecule has 0 spiro atoms. The van der Waals surface area contributed by atoms with Crippen molar-refractivity contribution in [2.75, 3.05) is 26.2 Å². The lowest BCUT2D eigenvalue weighted by Gasteiger charge is -2.30. The van der Waals surface area contributed by atoms with E-state index in [0.29, 0.717) is 16.6 Å². The molecule has 0 aromatic heterocycles. The van der Waals surface area contributed by atoms with Crippen molar-refractivity contribution in [2.45, 2.75) is 32.5 Å². The lowest BCUT2D eigenvalue weighted by atomic mass is 9.95. The standard InChI is InChI=1S/C19H26Cl2N2O5S/c1-5-29(25,26)22-11-14-12-23(18(24)28-19(2,3)4)8-9-27-17(14)13-6-7-15(20)16(21)10-13/h5-7,10,14,17,22H,1,8-9,11-12H2,2-4H3/t14-,17+/m1/s1. The molecule has 10 heteroatoms. The second-order valence-corrected chi connectivity index (χ2v) is 10.2. The monoisotopic (exact) mass is 464 g/mol. The smallest absolute Gasteiger partial charge is 0.410 e. The Morgan fingerprint density at radius 2 is 2.07 bits per heavy atom. The molecule has 0 unspecified atom stereocenters. The van der Waals surface area contributed by atoms with Gasteiger partial charge >= 0.3 is 6.09 Å². The van der Waals surface area contributed by atoms with E-state index < -0.39 is 33.7 Å². The predicted octanol–water partition coefficient (Wildman–Crippen LogP) is 3.98. The van der Waals surface area contributed by atoms with Crippen LogP contribution in [0.5, 0.6) is 0 Å². The highest BCUT2D eigenvalue weighted by molar-refractivity contribution is 7.92. The Morgan fingerprint density at radius 3 is 2.66 bits per heavy atom. The number of hydrogen-bond acceptors (Lipinski definition) is 5. The molecule has 1 amide bonds. The number of rotatable bonds is 5. The van der Waals surface area contributed by atoms with E-state index in [4.69, 9.17) is 32.7 Å². The van der Waals surface area contributed by atoms with Crippen molar-refractivity contribution in [3.05, 3.63) is 45.8 Å². The number of benzene rings is 1. The Morgan fingerprint density at radius 1 is 1.38 bits per heavy atom. The van der Waals surface area contributed by atoms with Gasteiger partial charge in [-0.3, -0.25) is 0 Å². The lowest BCUT2D eigenvalue weighted by molar-refractivity contribution is 0.0231. The number of sulfonamides is 1. The van der Waals surface area contributed by atoms with E-state index in [2.05, 4.69) is 11.3 Å². The third-order valence-electron chi connectivity index (χ3n) is 4.23. The number of ether oxygens (including phenoxy) is 2. The van der Waals surface area contributed by atoms with Crippen molar-refractivity contribution in [1.82, 2.24) is 9.62 Å². The normalized spacial score (nSPS) is 20.8. The first-order chi connectivity index (χ1) is 13.4. The van der Waals surface area contributed by atoms with Crippen molar-refractivity contribution < 1.29 is 22.7 Å².